The Morgan fingerprint density at radius 1 is 1.30 bits per heavy atom. The largest absolute Gasteiger partial charge is 0.328 e. The predicted molar refractivity (Wildman–Crippen MR) is 79.2 cm³/mol. The Labute approximate surface area is 119 Å². The number of benzene rings is 1. The van der Waals surface area contributed by atoms with Crippen molar-refractivity contribution in [2.75, 3.05) is 0 Å². The van der Waals surface area contributed by atoms with Crippen LogP contribution in [-0.2, 0) is 6.54 Å². The molecule has 0 spiro atoms. The first-order valence-electron chi connectivity index (χ1n) is 7.62. The van der Waals surface area contributed by atoms with E-state index in [2.05, 4.69) is 11.5 Å². The molecular formula is C16H22FN3. The lowest BCUT2D eigenvalue weighted by molar-refractivity contribution is 0.467. The van der Waals surface area contributed by atoms with Crippen molar-refractivity contribution in [2.24, 2.45) is 5.73 Å². The Balaban J connectivity index is 2.09. The molecule has 2 N–H and O–H groups in total. The summed E-state index contributed by atoms with van der Waals surface area (Å²) in [5.41, 5.74) is 8.12. The van der Waals surface area contributed by atoms with Crippen LogP contribution < -0.4 is 5.73 Å². The highest BCUT2D eigenvalue weighted by Crippen LogP contribution is 2.32. The second-order valence-electron chi connectivity index (χ2n) is 5.76. The second-order valence-corrected chi connectivity index (χ2v) is 5.76. The van der Waals surface area contributed by atoms with Gasteiger partial charge in [-0.1, -0.05) is 19.3 Å². The van der Waals surface area contributed by atoms with Gasteiger partial charge < -0.3 is 10.3 Å². The van der Waals surface area contributed by atoms with Gasteiger partial charge in [-0.25, -0.2) is 9.37 Å². The first-order valence-corrected chi connectivity index (χ1v) is 7.62. The summed E-state index contributed by atoms with van der Waals surface area (Å²) in [7, 11) is 0. The van der Waals surface area contributed by atoms with Crippen molar-refractivity contribution < 1.29 is 4.39 Å². The van der Waals surface area contributed by atoms with Crippen molar-refractivity contribution >= 4 is 11.0 Å². The zero-order valence-electron chi connectivity index (χ0n) is 12.0. The summed E-state index contributed by atoms with van der Waals surface area (Å²) in [4.78, 5) is 4.76. The predicted octanol–water partition coefficient (Wildman–Crippen LogP) is 3.57. The summed E-state index contributed by atoms with van der Waals surface area (Å²) in [6, 6.07) is 5.00. The third-order valence-corrected chi connectivity index (χ3v) is 4.46. The first-order chi connectivity index (χ1) is 9.70. The molecule has 1 fully saturated rings. The van der Waals surface area contributed by atoms with Gasteiger partial charge in [0.05, 0.1) is 11.0 Å². The third kappa shape index (κ3) is 2.33. The summed E-state index contributed by atoms with van der Waals surface area (Å²) >= 11 is 0. The summed E-state index contributed by atoms with van der Waals surface area (Å²) in [6.45, 7) is 2.89. The Bertz CT molecular complexity index is 605. The van der Waals surface area contributed by atoms with Gasteiger partial charge in [-0.05, 0) is 38.0 Å². The van der Waals surface area contributed by atoms with Crippen LogP contribution in [0.5, 0.6) is 0 Å². The highest BCUT2D eigenvalue weighted by molar-refractivity contribution is 5.76. The third-order valence-electron chi connectivity index (χ3n) is 4.46. The van der Waals surface area contributed by atoms with Gasteiger partial charge in [-0.2, -0.15) is 0 Å². The fourth-order valence-electron chi connectivity index (χ4n) is 3.39. The number of nitrogens with zero attached hydrogens (tertiary/aromatic N) is 2. The molecule has 0 amide bonds. The molecule has 20 heavy (non-hydrogen) atoms. The second kappa shape index (κ2) is 5.52. The number of halogens is 1. The summed E-state index contributed by atoms with van der Waals surface area (Å²) in [6.07, 6.45) is 5.82. The van der Waals surface area contributed by atoms with Crippen molar-refractivity contribution in [1.29, 1.82) is 0 Å². The lowest BCUT2D eigenvalue weighted by atomic mass is 9.94. The average molecular weight is 275 g/mol. The maximum Gasteiger partial charge on any atom is 0.125 e. The molecule has 3 nitrogen and oxygen atoms in total. The minimum absolute atomic E-state index is 0.171. The van der Waals surface area contributed by atoms with E-state index in [1.165, 1.54) is 25.3 Å². The van der Waals surface area contributed by atoms with Gasteiger partial charge in [0.15, 0.2) is 0 Å². The molecule has 1 heterocycles. The number of nitrogens with two attached hydrogens (primary N) is 1. The van der Waals surface area contributed by atoms with Gasteiger partial charge in [0.1, 0.15) is 11.6 Å². The normalized spacial score (nSPS) is 23.9. The Hall–Kier alpha value is -1.42. The lowest BCUT2D eigenvalue weighted by Gasteiger charge is -2.21. The van der Waals surface area contributed by atoms with E-state index in [0.717, 1.165) is 36.2 Å². The van der Waals surface area contributed by atoms with Crippen molar-refractivity contribution in [1.82, 2.24) is 9.55 Å². The molecule has 2 unspecified atom stereocenters. The van der Waals surface area contributed by atoms with Crippen LogP contribution in [0.25, 0.3) is 11.0 Å². The smallest absolute Gasteiger partial charge is 0.125 e. The number of hydrogen-bond acceptors (Lipinski definition) is 2. The summed E-state index contributed by atoms with van der Waals surface area (Å²) in [5.74, 6) is 1.14. The van der Waals surface area contributed by atoms with E-state index in [1.807, 2.05) is 0 Å². The number of aromatic nitrogens is 2. The number of hydrogen-bond donors (Lipinski definition) is 1. The number of aryl methyl sites for hydroxylation is 1. The van der Waals surface area contributed by atoms with Gasteiger partial charge in [0, 0.05) is 18.5 Å². The van der Waals surface area contributed by atoms with Gasteiger partial charge >= 0.3 is 0 Å². The van der Waals surface area contributed by atoms with Crippen molar-refractivity contribution in [2.45, 2.75) is 57.5 Å². The quantitative estimate of drug-likeness (QED) is 0.851. The zero-order valence-corrected chi connectivity index (χ0v) is 12.0. The van der Waals surface area contributed by atoms with Gasteiger partial charge in [-0.15, -0.1) is 0 Å². The standard InChI is InChI=1S/C16H22FN3/c1-2-20-15-10-11(17)8-9-14(15)19-16(20)12-6-4-3-5-7-13(12)18/h8-10,12-13H,2-7,18H2,1H3. The van der Waals surface area contributed by atoms with E-state index >= 15 is 0 Å². The summed E-state index contributed by atoms with van der Waals surface area (Å²) in [5, 5.41) is 0. The molecule has 1 aromatic heterocycles. The van der Waals surface area contributed by atoms with Crippen molar-refractivity contribution in [3.63, 3.8) is 0 Å². The van der Waals surface area contributed by atoms with Crippen LogP contribution in [0.2, 0.25) is 0 Å². The molecule has 0 saturated heterocycles. The van der Waals surface area contributed by atoms with Crippen LogP contribution in [-0.4, -0.2) is 15.6 Å². The van der Waals surface area contributed by atoms with E-state index in [1.54, 1.807) is 12.1 Å². The van der Waals surface area contributed by atoms with E-state index < -0.39 is 0 Å². The Kier molecular flexibility index (Phi) is 3.74. The maximum absolute atomic E-state index is 13.5. The van der Waals surface area contributed by atoms with Crippen LogP contribution in [0.3, 0.4) is 0 Å². The monoisotopic (exact) mass is 275 g/mol. The highest BCUT2D eigenvalue weighted by atomic mass is 19.1. The minimum Gasteiger partial charge on any atom is -0.328 e. The molecule has 2 atom stereocenters. The Morgan fingerprint density at radius 3 is 2.90 bits per heavy atom. The number of rotatable bonds is 2. The molecule has 0 bridgehead atoms. The highest BCUT2D eigenvalue weighted by Gasteiger charge is 2.27. The fraction of sp³-hybridized carbons (Fsp3) is 0.562. The van der Waals surface area contributed by atoms with Crippen LogP contribution in [0, 0.1) is 5.82 Å². The van der Waals surface area contributed by atoms with Gasteiger partial charge in [0.2, 0.25) is 0 Å². The minimum atomic E-state index is -0.205. The fourth-order valence-corrected chi connectivity index (χ4v) is 3.39. The first kappa shape index (κ1) is 13.6. The molecule has 1 saturated carbocycles. The van der Waals surface area contributed by atoms with Crippen LogP contribution >= 0.6 is 0 Å². The van der Waals surface area contributed by atoms with Gasteiger partial charge in [0.25, 0.3) is 0 Å². The molecule has 0 aliphatic heterocycles. The van der Waals surface area contributed by atoms with Crippen LogP contribution in [0.4, 0.5) is 4.39 Å². The van der Waals surface area contributed by atoms with Crippen LogP contribution in [0.1, 0.15) is 50.8 Å². The number of imidazole rings is 1. The van der Waals surface area contributed by atoms with E-state index in [-0.39, 0.29) is 11.9 Å². The topological polar surface area (TPSA) is 43.8 Å². The Morgan fingerprint density at radius 2 is 2.10 bits per heavy atom. The maximum atomic E-state index is 13.5. The van der Waals surface area contributed by atoms with E-state index in [9.17, 15) is 4.39 Å². The molecule has 1 aliphatic carbocycles. The molecule has 1 aliphatic rings. The van der Waals surface area contributed by atoms with Crippen molar-refractivity contribution in [3.8, 4) is 0 Å². The van der Waals surface area contributed by atoms with E-state index in [0.29, 0.717) is 5.92 Å². The molecule has 1 aromatic carbocycles. The van der Waals surface area contributed by atoms with Crippen molar-refractivity contribution in [3.05, 3.63) is 29.8 Å². The zero-order chi connectivity index (χ0) is 14.1. The lowest BCUT2D eigenvalue weighted by Crippen LogP contribution is -2.29. The van der Waals surface area contributed by atoms with E-state index in [4.69, 9.17) is 10.7 Å². The summed E-state index contributed by atoms with van der Waals surface area (Å²) < 4.78 is 15.6. The molecular weight excluding hydrogens is 253 g/mol. The molecule has 108 valence electrons. The SMILES string of the molecule is CCn1c(C2CCCCCC2N)nc2ccc(F)cc21. The molecule has 3 rings (SSSR count). The molecule has 2 aromatic rings. The molecule has 4 heteroatoms. The van der Waals surface area contributed by atoms with Crippen LogP contribution in [0.15, 0.2) is 18.2 Å². The molecule has 0 radical (unpaired) electrons. The number of fused-ring (bicyclic) bond motifs is 1. The average Bonchev–Trinajstić information content (AvgIpc) is 2.65. The van der Waals surface area contributed by atoms with Gasteiger partial charge in [-0.3, -0.25) is 0 Å².